The van der Waals surface area contributed by atoms with Gasteiger partial charge in [0, 0.05) is 12.2 Å². The number of amides is 1. The number of nitrogens with zero attached hydrogens (tertiary/aromatic N) is 3. The van der Waals surface area contributed by atoms with E-state index in [9.17, 15) is 9.59 Å². The molecular weight excluding hydrogens is 492 g/mol. The highest BCUT2D eigenvalue weighted by Crippen LogP contribution is 2.31. The van der Waals surface area contributed by atoms with Crippen molar-refractivity contribution in [2.75, 3.05) is 25.3 Å². The van der Waals surface area contributed by atoms with Crippen LogP contribution in [0.1, 0.15) is 29.2 Å². The van der Waals surface area contributed by atoms with Crippen LogP contribution >= 0.6 is 23.4 Å². The van der Waals surface area contributed by atoms with E-state index in [1.165, 1.54) is 31.0 Å². The summed E-state index contributed by atoms with van der Waals surface area (Å²) < 4.78 is 17.9. The second-order valence-electron chi connectivity index (χ2n) is 7.17. The molecule has 0 fully saturated rings. The number of carbonyl (C=O) groups excluding carboxylic acids is 2. The average molecular weight is 517 g/mol. The molecule has 1 atom stereocenters. The van der Waals surface area contributed by atoms with Crippen molar-refractivity contribution in [3.8, 4) is 11.5 Å². The van der Waals surface area contributed by atoms with Crippen molar-refractivity contribution in [2.24, 2.45) is 0 Å². The molecule has 35 heavy (non-hydrogen) atoms. The summed E-state index contributed by atoms with van der Waals surface area (Å²) in [5.74, 6) is 0.958. The first-order valence-electron chi connectivity index (χ1n) is 10.5. The quantitative estimate of drug-likeness (QED) is 0.220. The number of ether oxygens (including phenoxy) is 3. The predicted octanol–water partition coefficient (Wildman–Crippen LogP) is 4.78. The Kier molecular flexibility index (Phi) is 9.16. The van der Waals surface area contributed by atoms with Gasteiger partial charge < -0.3 is 19.5 Å². The normalized spacial score (nSPS) is 11.4. The van der Waals surface area contributed by atoms with Gasteiger partial charge in [-0.1, -0.05) is 41.6 Å². The Morgan fingerprint density at radius 3 is 2.63 bits per heavy atom. The van der Waals surface area contributed by atoms with Gasteiger partial charge in [-0.2, -0.15) is 0 Å². The molecule has 0 saturated heterocycles. The number of halogens is 1. The summed E-state index contributed by atoms with van der Waals surface area (Å²) in [4.78, 5) is 24.4. The molecule has 9 nitrogen and oxygen atoms in total. The molecule has 1 heterocycles. The van der Waals surface area contributed by atoms with E-state index in [1.54, 1.807) is 19.3 Å². The Morgan fingerprint density at radius 2 is 1.94 bits per heavy atom. The fraction of sp³-hybridized carbons (Fsp3) is 0.250. The van der Waals surface area contributed by atoms with Crippen molar-refractivity contribution in [1.82, 2.24) is 14.8 Å². The number of allylic oxidation sites excluding steroid dienone is 1. The van der Waals surface area contributed by atoms with Crippen LogP contribution in [0.15, 0.2) is 60.3 Å². The summed E-state index contributed by atoms with van der Waals surface area (Å²) in [7, 11) is 2.84. The number of rotatable bonds is 11. The molecule has 0 bridgehead atoms. The van der Waals surface area contributed by atoms with Crippen molar-refractivity contribution in [3.05, 3.63) is 71.5 Å². The molecule has 1 unspecified atom stereocenters. The third kappa shape index (κ3) is 6.55. The summed E-state index contributed by atoms with van der Waals surface area (Å²) in [6.07, 6.45) is 1.28. The Bertz CT molecular complexity index is 1220. The van der Waals surface area contributed by atoms with E-state index in [1.807, 2.05) is 35.8 Å². The minimum Gasteiger partial charge on any atom is -0.493 e. The number of hydrogen-bond donors (Lipinski definition) is 1. The van der Waals surface area contributed by atoms with Crippen molar-refractivity contribution in [1.29, 1.82) is 0 Å². The summed E-state index contributed by atoms with van der Waals surface area (Å²) in [5.41, 5.74) is 0.589. The summed E-state index contributed by atoms with van der Waals surface area (Å²) >= 11 is 7.25. The number of anilines is 1. The fourth-order valence-corrected chi connectivity index (χ4v) is 4.11. The zero-order chi connectivity index (χ0) is 25.4. The van der Waals surface area contributed by atoms with Gasteiger partial charge in [-0.05, 0) is 37.3 Å². The minimum absolute atomic E-state index is 0.0627. The molecule has 1 amide bonds. The van der Waals surface area contributed by atoms with E-state index in [4.69, 9.17) is 25.8 Å². The van der Waals surface area contributed by atoms with Gasteiger partial charge >= 0.3 is 5.97 Å². The highest BCUT2D eigenvalue weighted by molar-refractivity contribution is 7.99. The highest BCUT2D eigenvalue weighted by Gasteiger charge is 2.21. The summed E-state index contributed by atoms with van der Waals surface area (Å²) in [5, 5.41) is 12.0. The molecule has 3 aromatic rings. The number of hydrogen-bond acceptors (Lipinski definition) is 8. The molecule has 3 rings (SSSR count). The van der Waals surface area contributed by atoms with Crippen LogP contribution in [0.2, 0.25) is 5.02 Å². The number of benzene rings is 2. The van der Waals surface area contributed by atoms with Gasteiger partial charge in [0.15, 0.2) is 28.6 Å². The van der Waals surface area contributed by atoms with E-state index in [2.05, 4.69) is 22.1 Å². The topological polar surface area (TPSA) is 105 Å². The maximum Gasteiger partial charge on any atom is 0.339 e. The van der Waals surface area contributed by atoms with Crippen molar-refractivity contribution >= 4 is 40.9 Å². The molecule has 2 aromatic carbocycles. The number of nitrogens with one attached hydrogen (secondary N) is 1. The SMILES string of the molecule is C=CCn1c(SCC(=O)Nc2ccc(Cl)c(C(=O)OC)c2)nnc1C(C)Oc1ccccc1OC. The van der Waals surface area contributed by atoms with Crippen LogP contribution in [0.4, 0.5) is 5.69 Å². The van der Waals surface area contributed by atoms with Crippen molar-refractivity contribution < 1.29 is 23.8 Å². The van der Waals surface area contributed by atoms with Gasteiger partial charge in [-0.15, -0.1) is 16.8 Å². The van der Waals surface area contributed by atoms with Gasteiger partial charge in [-0.3, -0.25) is 9.36 Å². The molecule has 0 saturated carbocycles. The van der Waals surface area contributed by atoms with Gasteiger partial charge in [0.2, 0.25) is 5.91 Å². The minimum atomic E-state index is -0.588. The number of thioether (sulfide) groups is 1. The van der Waals surface area contributed by atoms with Crippen LogP contribution in [0.3, 0.4) is 0 Å². The smallest absolute Gasteiger partial charge is 0.339 e. The number of para-hydroxylation sites is 2. The average Bonchev–Trinajstić information content (AvgIpc) is 3.26. The molecule has 0 aliphatic carbocycles. The summed E-state index contributed by atoms with van der Waals surface area (Å²) in [6, 6.07) is 11.9. The van der Waals surface area contributed by atoms with Crippen LogP contribution in [0, 0.1) is 0 Å². The first kappa shape index (κ1) is 26.1. The second-order valence-corrected chi connectivity index (χ2v) is 8.52. The van der Waals surface area contributed by atoms with Crippen molar-refractivity contribution in [2.45, 2.75) is 24.7 Å². The van der Waals surface area contributed by atoms with Crippen LogP contribution < -0.4 is 14.8 Å². The van der Waals surface area contributed by atoms with Gasteiger partial charge in [-0.25, -0.2) is 4.79 Å². The third-order valence-electron chi connectivity index (χ3n) is 4.78. The molecule has 0 aliphatic rings. The Hall–Kier alpha value is -3.50. The molecule has 0 spiro atoms. The van der Waals surface area contributed by atoms with Crippen LogP contribution in [-0.2, 0) is 16.1 Å². The van der Waals surface area contributed by atoms with Crippen LogP contribution in [0.25, 0.3) is 0 Å². The first-order chi connectivity index (χ1) is 16.9. The Morgan fingerprint density at radius 1 is 1.20 bits per heavy atom. The van der Waals surface area contributed by atoms with E-state index in [0.717, 1.165) is 0 Å². The van der Waals surface area contributed by atoms with Gasteiger partial charge in [0.25, 0.3) is 0 Å². The van der Waals surface area contributed by atoms with E-state index >= 15 is 0 Å². The number of aromatic nitrogens is 3. The van der Waals surface area contributed by atoms with E-state index in [-0.39, 0.29) is 22.2 Å². The number of carbonyl (C=O) groups is 2. The Balaban J connectivity index is 1.69. The Labute approximate surface area is 212 Å². The van der Waals surface area contributed by atoms with Gasteiger partial charge in [0.1, 0.15) is 0 Å². The lowest BCUT2D eigenvalue weighted by Crippen LogP contribution is -2.16. The second kappa shape index (κ2) is 12.3. The lowest BCUT2D eigenvalue weighted by atomic mass is 10.2. The molecule has 0 aliphatic heterocycles. The molecule has 1 aromatic heterocycles. The molecule has 184 valence electrons. The molecule has 0 radical (unpaired) electrons. The maximum absolute atomic E-state index is 12.5. The molecular formula is C24H25ClN4O5S. The number of methoxy groups -OCH3 is 2. The molecule has 1 N–H and O–H groups in total. The van der Waals surface area contributed by atoms with E-state index in [0.29, 0.717) is 34.7 Å². The monoisotopic (exact) mass is 516 g/mol. The highest BCUT2D eigenvalue weighted by atomic mass is 35.5. The van der Waals surface area contributed by atoms with Gasteiger partial charge in [0.05, 0.1) is 30.6 Å². The fourth-order valence-electron chi connectivity index (χ4n) is 3.16. The standard InChI is InChI=1S/C24H25ClN4O5S/c1-5-12-29-22(15(2)34-20-9-7-6-8-19(20)32-3)27-28-24(29)35-14-21(30)26-16-10-11-18(25)17(13-16)23(31)33-4/h5-11,13,15H,1,12,14H2,2-4H3,(H,26,30). The lowest BCUT2D eigenvalue weighted by Gasteiger charge is -2.17. The largest absolute Gasteiger partial charge is 0.493 e. The first-order valence-corrected chi connectivity index (χ1v) is 11.9. The predicted molar refractivity (Wildman–Crippen MR) is 134 cm³/mol. The zero-order valence-corrected chi connectivity index (χ0v) is 21.1. The van der Waals surface area contributed by atoms with E-state index < -0.39 is 12.1 Å². The van der Waals surface area contributed by atoms with Crippen molar-refractivity contribution in [3.63, 3.8) is 0 Å². The zero-order valence-electron chi connectivity index (χ0n) is 19.5. The molecule has 11 heteroatoms. The van der Waals surface area contributed by atoms with Crippen LogP contribution in [0.5, 0.6) is 11.5 Å². The lowest BCUT2D eigenvalue weighted by molar-refractivity contribution is -0.113. The number of esters is 1. The maximum atomic E-state index is 12.5. The third-order valence-corrected chi connectivity index (χ3v) is 6.08. The summed E-state index contributed by atoms with van der Waals surface area (Å²) in [6.45, 7) is 6.10. The van der Waals surface area contributed by atoms with Crippen LogP contribution in [-0.4, -0.2) is 46.6 Å².